The van der Waals surface area contributed by atoms with Crippen LogP contribution in [0.15, 0.2) is 59.4 Å². The number of nitrogens with two attached hydrogens (primary N) is 1. The predicted molar refractivity (Wildman–Crippen MR) is 140 cm³/mol. The number of hydrogen-bond acceptors (Lipinski definition) is 9. The van der Waals surface area contributed by atoms with Crippen molar-refractivity contribution in [2.75, 3.05) is 14.1 Å². The molecule has 3 aliphatic carbocycles. The molecular formula is C29H30N2O8. The van der Waals surface area contributed by atoms with Gasteiger partial charge in [-0.3, -0.25) is 19.3 Å². The number of aliphatic hydroxyl groups excluding tert-OH is 3. The third-order valence-corrected chi connectivity index (χ3v) is 8.37. The highest BCUT2D eigenvalue weighted by Gasteiger charge is 2.68. The van der Waals surface area contributed by atoms with E-state index in [-0.39, 0.29) is 17.7 Å². The SMILES string of the molecule is Cc1ccc(CC2c3cccc(O)c3C(O)=C3C(=O)C4(O)C(O)=C(C(N)=O)C(=O)C(N(C)C)C4C(O)C32)cc1. The molecule has 2 aromatic rings. The molecular weight excluding hydrogens is 504 g/mol. The van der Waals surface area contributed by atoms with Gasteiger partial charge in [0.15, 0.2) is 11.4 Å². The Morgan fingerprint density at radius 3 is 2.28 bits per heavy atom. The largest absolute Gasteiger partial charge is 0.508 e. The first-order chi connectivity index (χ1) is 18.3. The number of carbonyl (C=O) groups is 3. The number of phenolic OH excluding ortho intramolecular Hbond substituents is 1. The second-order valence-electron chi connectivity index (χ2n) is 10.8. The van der Waals surface area contributed by atoms with Crippen LogP contribution < -0.4 is 5.73 Å². The number of phenols is 1. The molecule has 6 unspecified atom stereocenters. The summed E-state index contributed by atoms with van der Waals surface area (Å²) >= 11 is 0. The number of benzene rings is 2. The molecule has 5 rings (SSSR count). The van der Waals surface area contributed by atoms with Gasteiger partial charge in [0, 0.05) is 11.5 Å². The van der Waals surface area contributed by atoms with Crippen LogP contribution in [0.1, 0.15) is 28.2 Å². The van der Waals surface area contributed by atoms with E-state index in [1.807, 2.05) is 31.2 Å². The molecule has 0 saturated heterocycles. The molecule has 0 bridgehead atoms. The predicted octanol–water partition coefficient (Wildman–Crippen LogP) is 1.03. The number of fused-ring (bicyclic) bond motifs is 3. The lowest BCUT2D eigenvalue weighted by Crippen LogP contribution is -2.70. The molecule has 3 aliphatic rings. The fourth-order valence-corrected chi connectivity index (χ4v) is 6.61. The van der Waals surface area contributed by atoms with Gasteiger partial charge in [0.2, 0.25) is 5.78 Å². The van der Waals surface area contributed by atoms with Crippen molar-refractivity contribution in [1.82, 2.24) is 4.90 Å². The number of likely N-dealkylation sites (N-methyl/N-ethyl adjacent to an activating group) is 1. The summed E-state index contributed by atoms with van der Waals surface area (Å²) in [4.78, 5) is 41.0. The van der Waals surface area contributed by atoms with Gasteiger partial charge >= 0.3 is 0 Å². The molecule has 1 amide bonds. The maximum atomic E-state index is 14.2. The number of nitrogens with zero attached hydrogens (tertiary/aromatic N) is 1. The van der Waals surface area contributed by atoms with Gasteiger partial charge in [-0.25, -0.2) is 0 Å². The summed E-state index contributed by atoms with van der Waals surface area (Å²) < 4.78 is 0. The average molecular weight is 535 g/mol. The number of aliphatic hydroxyl groups is 4. The lowest BCUT2D eigenvalue weighted by atomic mass is 9.53. The van der Waals surface area contributed by atoms with Gasteiger partial charge in [0.1, 0.15) is 22.8 Å². The minimum Gasteiger partial charge on any atom is -0.508 e. The second kappa shape index (κ2) is 9.04. The summed E-state index contributed by atoms with van der Waals surface area (Å²) in [6, 6.07) is 10.8. The van der Waals surface area contributed by atoms with E-state index < -0.39 is 75.6 Å². The topological polar surface area (TPSA) is 182 Å². The van der Waals surface area contributed by atoms with Crippen LogP contribution in [-0.4, -0.2) is 79.7 Å². The van der Waals surface area contributed by atoms with Crippen molar-refractivity contribution >= 4 is 23.2 Å². The zero-order valence-corrected chi connectivity index (χ0v) is 21.6. The summed E-state index contributed by atoms with van der Waals surface area (Å²) in [6.45, 7) is 1.93. The maximum absolute atomic E-state index is 14.2. The van der Waals surface area contributed by atoms with Gasteiger partial charge in [0.05, 0.1) is 23.6 Å². The van der Waals surface area contributed by atoms with Crippen LogP contribution in [-0.2, 0) is 20.8 Å². The summed E-state index contributed by atoms with van der Waals surface area (Å²) in [5, 5.41) is 56.8. The standard InChI is InChI=1S/C29H30N2O8/c1-12-7-9-13(10-8-12)11-15-14-5-4-6-16(32)17(14)23(33)19-18(15)24(34)21-22(31(2)3)25(35)20(28(30)38)27(37)29(21,39)26(19)36/h4-10,15,18,21-22,24,32-34,37,39H,11H2,1-3H3,(H2,30,38). The molecule has 0 heterocycles. The Kier molecular flexibility index (Phi) is 6.17. The summed E-state index contributed by atoms with van der Waals surface area (Å²) in [7, 11) is 2.95. The van der Waals surface area contributed by atoms with Crippen LogP contribution in [0, 0.1) is 18.8 Å². The number of Topliss-reactive ketones (excluding diaryl/α,β-unsaturated/α-hetero) is 2. The lowest BCUT2D eigenvalue weighted by molar-refractivity contribution is -0.169. The van der Waals surface area contributed by atoms with Crippen molar-refractivity contribution in [1.29, 1.82) is 0 Å². The fourth-order valence-electron chi connectivity index (χ4n) is 6.61. The van der Waals surface area contributed by atoms with Gasteiger partial charge in [-0.2, -0.15) is 0 Å². The van der Waals surface area contributed by atoms with E-state index in [0.717, 1.165) is 11.1 Å². The Morgan fingerprint density at radius 1 is 1.05 bits per heavy atom. The molecule has 0 aliphatic heterocycles. The molecule has 10 heteroatoms. The van der Waals surface area contributed by atoms with Gasteiger partial charge < -0.3 is 31.3 Å². The van der Waals surface area contributed by atoms with Crippen LogP contribution >= 0.6 is 0 Å². The first kappa shape index (κ1) is 26.6. The zero-order valence-electron chi connectivity index (χ0n) is 21.6. The fraction of sp³-hybridized carbons (Fsp3) is 0.345. The van der Waals surface area contributed by atoms with Gasteiger partial charge in [0.25, 0.3) is 5.91 Å². The third-order valence-electron chi connectivity index (χ3n) is 8.37. The number of rotatable bonds is 4. The Morgan fingerprint density at radius 2 is 1.69 bits per heavy atom. The summed E-state index contributed by atoms with van der Waals surface area (Å²) in [5.41, 5.74) is 3.38. The maximum Gasteiger partial charge on any atom is 0.255 e. The minimum absolute atomic E-state index is 0.0295. The molecule has 0 aromatic heterocycles. The summed E-state index contributed by atoms with van der Waals surface area (Å²) in [6.07, 6.45) is -1.37. The quantitative estimate of drug-likeness (QED) is 0.312. The van der Waals surface area contributed by atoms with Gasteiger partial charge in [-0.15, -0.1) is 0 Å². The number of aryl methyl sites for hydroxylation is 1. The number of aromatic hydroxyl groups is 1. The van der Waals surface area contributed by atoms with E-state index in [4.69, 9.17) is 5.73 Å². The summed E-state index contributed by atoms with van der Waals surface area (Å²) in [5.74, 6) is -9.10. The van der Waals surface area contributed by atoms with Crippen LogP contribution in [0.4, 0.5) is 0 Å². The molecule has 6 atom stereocenters. The number of carbonyl (C=O) groups excluding carboxylic acids is 3. The zero-order chi connectivity index (χ0) is 28.5. The first-order valence-electron chi connectivity index (χ1n) is 12.5. The Labute approximate surface area is 224 Å². The van der Waals surface area contributed by atoms with E-state index in [0.29, 0.717) is 5.56 Å². The molecule has 1 saturated carbocycles. The average Bonchev–Trinajstić information content (AvgIpc) is 2.86. The molecule has 0 spiro atoms. The van der Waals surface area contributed by atoms with E-state index in [1.54, 1.807) is 12.1 Å². The van der Waals surface area contributed by atoms with Crippen LogP contribution in [0.5, 0.6) is 5.75 Å². The first-order valence-corrected chi connectivity index (χ1v) is 12.5. The Hall–Kier alpha value is -3.99. The van der Waals surface area contributed by atoms with Crippen LogP contribution in [0.2, 0.25) is 0 Å². The van der Waals surface area contributed by atoms with Crippen molar-refractivity contribution < 1.29 is 39.9 Å². The van der Waals surface area contributed by atoms with Crippen molar-refractivity contribution in [3.8, 4) is 5.75 Å². The molecule has 2 aromatic carbocycles. The smallest absolute Gasteiger partial charge is 0.255 e. The molecule has 7 N–H and O–H groups in total. The number of amides is 1. The van der Waals surface area contributed by atoms with E-state index in [1.165, 1.54) is 25.1 Å². The monoisotopic (exact) mass is 534 g/mol. The number of primary amides is 1. The van der Waals surface area contributed by atoms with E-state index in [9.17, 15) is 39.9 Å². The van der Waals surface area contributed by atoms with Crippen LogP contribution in [0.3, 0.4) is 0 Å². The van der Waals surface area contributed by atoms with Crippen molar-refractivity contribution in [2.45, 2.75) is 37.0 Å². The highest BCUT2D eigenvalue weighted by atomic mass is 16.4. The minimum atomic E-state index is -2.94. The second-order valence-corrected chi connectivity index (χ2v) is 10.8. The Bertz CT molecular complexity index is 1470. The molecule has 39 heavy (non-hydrogen) atoms. The molecule has 0 radical (unpaired) electrons. The lowest BCUT2D eigenvalue weighted by Gasteiger charge is -2.54. The number of ketones is 2. The van der Waals surface area contributed by atoms with E-state index >= 15 is 0 Å². The highest BCUT2D eigenvalue weighted by Crippen LogP contribution is 2.56. The van der Waals surface area contributed by atoms with Gasteiger partial charge in [-0.1, -0.05) is 42.0 Å². The molecule has 1 fully saturated rings. The normalized spacial score (nSPS) is 30.3. The number of hydrogen-bond donors (Lipinski definition) is 6. The van der Waals surface area contributed by atoms with Crippen LogP contribution in [0.25, 0.3) is 5.76 Å². The third kappa shape index (κ3) is 3.63. The Balaban J connectivity index is 1.79. The van der Waals surface area contributed by atoms with Crippen molar-refractivity contribution in [2.24, 2.45) is 17.6 Å². The molecule has 10 nitrogen and oxygen atoms in total. The van der Waals surface area contributed by atoms with Gasteiger partial charge in [-0.05, 0) is 50.6 Å². The van der Waals surface area contributed by atoms with Crippen molar-refractivity contribution in [3.63, 3.8) is 0 Å². The molecule has 204 valence electrons. The van der Waals surface area contributed by atoms with Crippen molar-refractivity contribution in [3.05, 3.63) is 81.6 Å². The highest BCUT2D eigenvalue weighted by molar-refractivity contribution is 6.24. The van der Waals surface area contributed by atoms with E-state index in [2.05, 4.69) is 0 Å².